The summed E-state index contributed by atoms with van der Waals surface area (Å²) in [7, 11) is 3.40. The van der Waals surface area contributed by atoms with Gasteiger partial charge in [0.25, 0.3) is 0 Å². The van der Waals surface area contributed by atoms with Crippen LogP contribution in [0.2, 0.25) is 0 Å². The van der Waals surface area contributed by atoms with Gasteiger partial charge in [-0.15, -0.1) is 0 Å². The fourth-order valence-electron chi connectivity index (χ4n) is 3.82. The van der Waals surface area contributed by atoms with Crippen LogP contribution in [-0.2, 0) is 6.67 Å². The molecule has 2 aromatic carbocycles. The van der Waals surface area contributed by atoms with Crippen LogP contribution in [0.1, 0.15) is 24.4 Å². The van der Waals surface area contributed by atoms with E-state index in [0.717, 1.165) is 42.1 Å². The van der Waals surface area contributed by atoms with Crippen LogP contribution in [0.15, 0.2) is 54.9 Å². The molecule has 146 valence electrons. The van der Waals surface area contributed by atoms with Crippen LogP contribution in [0, 0.1) is 4.77 Å². The van der Waals surface area contributed by atoms with E-state index in [1.165, 1.54) is 0 Å². The van der Waals surface area contributed by atoms with E-state index in [2.05, 4.69) is 16.1 Å². The third-order valence-corrected chi connectivity index (χ3v) is 5.65. The Kier molecular flexibility index (Phi) is 5.45. The molecule has 0 saturated carbocycles. The molecular weight excluding hydrogens is 372 g/mol. The molecule has 2 heterocycles. The second-order valence-electron chi connectivity index (χ2n) is 6.84. The van der Waals surface area contributed by atoms with Crippen LogP contribution in [0.3, 0.4) is 0 Å². The van der Waals surface area contributed by atoms with Crippen molar-refractivity contribution in [2.75, 3.05) is 20.8 Å². The summed E-state index contributed by atoms with van der Waals surface area (Å²) in [6, 6.07) is 16.3. The van der Waals surface area contributed by atoms with E-state index in [9.17, 15) is 0 Å². The van der Waals surface area contributed by atoms with Gasteiger partial charge in [0, 0.05) is 23.8 Å². The molecule has 1 aromatic heterocycles. The molecule has 1 atom stereocenters. The van der Waals surface area contributed by atoms with Gasteiger partial charge in [-0.3, -0.25) is 9.47 Å². The highest BCUT2D eigenvalue weighted by Gasteiger charge is 2.29. The number of benzene rings is 2. The maximum atomic E-state index is 5.68. The first-order valence-electron chi connectivity index (χ1n) is 9.37. The molecule has 1 aliphatic rings. The van der Waals surface area contributed by atoms with E-state index in [-0.39, 0.29) is 6.04 Å². The van der Waals surface area contributed by atoms with Gasteiger partial charge in [-0.1, -0.05) is 18.2 Å². The zero-order valence-corrected chi connectivity index (χ0v) is 16.9. The van der Waals surface area contributed by atoms with Crippen molar-refractivity contribution in [3.05, 3.63) is 65.2 Å². The molecule has 0 spiro atoms. The molecule has 28 heavy (non-hydrogen) atoms. The molecule has 0 radical (unpaired) electrons. The highest BCUT2D eigenvalue weighted by Crippen LogP contribution is 2.39. The largest absolute Gasteiger partial charge is 0.497 e. The highest BCUT2D eigenvalue weighted by molar-refractivity contribution is 7.71. The highest BCUT2D eigenvalue weighted by atomic mass is 32.1. The van der Waals surface area contributed by atoms with Crippen molar-refractivity contribution in [3.63, 3.8) is 0 Å². The number of likely N-dealkylation sites (tertiary alicyclic amines) is 1. The Balaban J connectivity index is 1.61. The van der Waals surface area contributed by atoms with Gasteiger partial charge in [0.15, 0.2) is 0 Å². The fourth-order valence-corrected chi connectivity index (χ4v) is 4.08. The minimum atomic E-state index is 0.244. The van der Waals surface area contributed by atoms with Gasteiger partial charge in [0.1, 0.15) is 17.8 Å². The van der Waals surface area contributed by atoms with Gasteiger partial charge >= 0.3 is 0 Å². The number of methoxy groups -OCH3 is 2. The second-order valence-corrected chi connectivity index (χ2v) is 7.20. The summed E-state index contributed by atoms with van der Waals surface area (Å²) in [5.74, 6) is 1.73. The summed E-state index contributed by atoms with van der Waals surface area (Å²) in [5.41, 5.74) is 2.17. The number of para-hydroxylation sites is 1. The molecule has 0 bridgehead atoms. The quantitative estimate of drug-likeness (QED) is 0.584. The molecule has 0 amide bonds. The number of aromatic nitrogens is 3. The summed E-state index contributed by atoms with van der Waals surface area (Å²) >= 11 is 5.68. The Morgan fingerprint density at radius 2 is 1.93 bits per heavy atom. The average molecular weight is 397 g/mol. The lowest BCUT2D eigenvalue weighted by Crippen LogP contribution is -2.27. The smallest absolute Gasteiger partial charge is 0.203 e. The lowest BCUT2D eigenvalue weighted by atomic mass is 10.0. The third-order valence-electron chi connectivity index (χ3n) is 5.24. The normalized spacial score (nSPS) is 17.0. The van der Waals surface area contributed by atoms with E-state index < -0.39 is 0 Å². The molecule has 1 aliphatic heterocycles. The SMILES string of the molecule is COc1ccc(OC)c(C2CCCN2Cn2ncn(-c3ccccc3)c2=S)c1. The van der Waals surface area contributed by atoms with E-state index in [0.29, 0.717) is 11.4 Å². The topological polar surface area (TPSA) is 44.5 Å². The Morgan fingerprint density at radius 3 is 2.68 bits per heavy atom. The van der Waals surface area contributed by atoms with E-state index >= 15 is 0 Å². The molecule has 3 aromatic rings. The molecule has 1 unspecified atom stereocenters. The van der Waals surface area contributed by atoms with Crippen LogP contribution in [0.5, 0.6) is 11.5 Å². The Bertz CT molecular complexity index is 999. The number of ether oxygens (including phenoxy) is 2. The molecule has 6 nitrogen and oxygen atoms in total. The molecule has 7 heteroatoms. The van der Waals surface area contributed by atoms with Crippen LogP contribution in [-0.4, -0.2) is 40.0 Å². The van der Waals surface area contributed by atoms with Crippen molar-refractivity contribution in [3.8, 4) is 17.2 Å². The predicted molar refractivity (Wildman–Crippen MR) is 111 cm³/mol. The van der Waals surface area contributed by atoms with Crippen LogP contribution in [0.4, 0.5) is 0 Å². The summed E-state index contributed by atoms with van der Waals surface area (Å²) in [5, 5.41) is 4.54. The van der Waals surface area contributed by atoms with Crippen molar-refractivity contribution >= 4 is 12.2 Å². The Hall–Kier alpha value is -2.64. The molecule has 1 saturated heterocycles. The van der Waals surface area contributed by atoms with Crippen molar-refractivity contribution in [1.82, 2.24) is 19.2 Å². The second kappa shape index (κ2) is 8.16. The lowest BCUT2D eigenvalue weighted by molar-refractivity contribution is 0.186. The van der Waals surface area contributed by atoms with Crippen molar-refractivity contribution < 1.29 is 9.47 Å². The first-order valence-corrected chi connectivity index (χ1v) is 9.78. The minimum absolute atomic E-state index is 0.244. The Morgan fingerprint density at radius 1 is 1.11 bits per heavy atom. The fraction of sp³-hybridized carbons (Fsp3) is 0.333. The zero-order chi connectivity index (χ0) is 19.5. The lowest BCUT2D eigenvalue weighted by Gasteiger charge is -2.26. The standard InChI is InChI=1S/C21H24N4O2S/c1-26-17-10-11-20(27-2)18(13-17)19-9-6-12-23(19)15-25-21(28)24(14-22-25)16-7-4-3-5-8-16/h3-5,7-8,10-11,13-14,19H,6,9,12,15H2,1-2H3. The minimum Gasteiger partial charge on any atom is -0.497 e. The van der Waals surface area contributed by atoms with E-state index in [4.69, 9.17) is 21.7 Å². The van der Waals surface area contributed by atoms with Gasteiger partial charge in [0.2, 0.25) is 4.77 Å². The summed E-state index contributed by atoms with van der Waals surface area (Å²) < 4.78 is 15.5. The molecule has 1 fully saturated rings. The van der Waals surface area contributed by atoms with Crippen molar-refractivity contribution in [2.45, 2.75) is 25.6 Å². The van der Waals surface area contributed by atoms with Crippen LogP contribution < -0.4 is 9.47 Å². The number of hydrogen-bond donors (Lipinski definition) is 0. The van der Waals surface area contributed by atoms with Crippen molar-refractivity contribution in [1.29, 1.82) is 0 Å². The van der Waals surface area contributed by atoms with E-state index in [1.807, 2.05) is 51.7 Å². The summed E-state index contributed by atoms with van der Waals surface area (Å²) in [6.07, 6.45) is 3.98. The van der Waals surface area contributed by atoms with Gasteiger partial charge in [-0.2, -0.15) is 5.10 Å². The van der Waals surface area contributed by atoms with Crippen LogP contribution >= 0.6 is 12.2 Å². The first kappa shape index (κ1) is 18.7. The molecule has 0 aliphatic carbocycles. The van der Waals surface area contributed by atoms with Gasteiger partial charge in [-0.05, 0) is 55.4 Å². The van der Waals surface area contributed by atoms with Gasteiger partial charge in [0.05, 0.1) is 20.9 Å². The summed E-state index contributed by atoms with van der Waals surface area (Å²) in [6.45, 7) is 1.63. The molecule has 4 rings (SSSR count). The third kappa shape index (κ3) is 3.55. The molecule has 0 N–H and O–H groups in total. The zero-order valence-electron chi connectivity index (χ0n) is 16.1. The Labute approximate surface area is 169 Å². The molecular formula is C21H24N4O2S. The van der Waals surface area contributed by atoms with Gasteiger partial charge in [-0.25, -0.2) is 4.68 Å². The van der Waals surface area contributed by atoms with Crippen molar-refractivity contribution in [2.24, 2.45) is 0 Å². The first-order chi connectivity index (χ1) is 13.7. The monoisotopic (exact) mass is 396 g/mol. The average Bonchev–Trinajstić information content (AvgIpc) is 3.35. The summed E-state index contributed by atoms with van der Waals surface area (Å²) in [4.78, 5) is 2.40. The predicted octanol–water partition coefficient (Wildman–Crippen LogP) is 4.22. The number of hydrogen-bond acceptors (Lipinski definition) is 5. The number of rotatable bonds is 6. The van der Waals surface area contributed by atoms with Crippen LogP contribution in [0.25, 0.3) is 5.69 Å². The van der Waals surface area contributed by atoms with E-state index in [1.54, 1.807) is 20.5 Å². The maximum absolute atomic E-state index is 5.68. The maximum Gasteiger partial charge on any atom is 0.203 e. The number of nitrogens with zero attached hydrogens (tertiary/aromatic N) is 4. The van der Waals surface area contributed by atoms with Gasteiger partial charge < -0.3 is 9.47 Å².